The first-order valence-electron chi connectivity index (χ1n) is 4.64. The van der Waals surface area contributed by atoms with Crippen molar-refractivity contribution in [2.75, 3.05) is 6.54 Å². The highest BCUT2D eigenvalue weighted by atomic mass is 79.9. The Kier molecular flexibility index (Phi) is 4.19. The fourth-order valence-corrected chi connectivity index (χ4v) is 2.05. The fraction of sp³-hybridized carbons (Fsp3) is 0.333. The molecule has 0 saturated heterocycles. The maximum atomic E-state index is 5.46. The molecule has 0 aliphatic carbocycles. The first-order chi connectivity index (χ1) is 6.69. The Morgan fingerprint density at radius 2 is 2.29 bits per heavy atom. The van der Waals surface area contributed by atoms with E-state index in [1.807, 2.05) is 6.92 Å². The maximum Gasteiger partial charge on any atom is 0.0954 e. The smallest absolute Gasteiger partial charge is 0.0954 e. The molecule has 0 heterocycles. The summed E-state index contributed by atoms with van der Waals surface area (Å²) in [4.78, 5) is 0. The number of aryl methyl sites for hydroxylation is 1. The van der Waals surface area contributed by atoms with Crippen molar-refractivity contribution in [2.24, 2.45) is 0 Å². The van der Waals surface area contributed by atoms with Crippen LogP contribution in [0.1, 0.15) is 24.1 Å². The van der Waals surface area contributed by atoms with E-state index in [4.69, 9.17) is 6.42 Å². The minimum atomic E-state index is -0.00465. The lowest BCUT2D eigenvalue weighted by Gasteiger charge is -2.13. The molecule has 0 spiro atoms. The van der Waals surface area contributed by atoms with Crippen molar-refractivity contribution < 1.29 is 0 Å². The van der Waals surface area contributed by atoms with Gasteiger partial charge in [-0.2, -0.15) is 0 Å². The van der Waals surface area contributed by atoms with Crippen molar-refractivity contribution in [3.8, 4) is 12.3 Å². The van der Waals surface area contributed by atoms with Crippen molar-refractivity contribution in [2.45, 2.75) is 19.9 Å². The number of benzene rings is 1. The minimum absolute atomic E-state index is 0.00465. The van der Waals surface area contributed by atoms with Crippen molar-refractivity contribution >= 4 is 15.9 Å². The second-order valence-electron chi connectivity index (χ2n) is 3.18. The molecule has 0 aromatic heterocycles. The first-order valence-corrected chi connectivity index (χ1v) is 5.44. The molecule has 2 heteroatoms. The zero-order chi connectivity index (χ0) is 10.6. The van der Waals surface area contributed by atoms with Crippen LogP contribution in [-0.4, -0.2) is 6.54 Å². The summed E-state index contributed by atoms with van der Waals surface area (Å²) in [7, 11) is 0. The molecule has 0 saturated carbocycles. The van der Waals surface area contributed by atoms with Gasteiger partial charge in [0.2, 0.25) is 0 Å². The van der Waals surface area contributed by atoms with E-state index < -0.39 is 0 Å². The molecule has 1 aromatic carbocycles. The van der Waals surface area contributed by atoms with E-state index in [1.165, 1.54) is 5.56 Å². The zero-order valence-electron chi connectivity index (χ0n) is 8.47. The van der Waals surface area contributed by atoms with Gasteiger partial charge < -0.3 is 5.32 Å². The van der Waals surface area contributed by atoms with Crippen molar-refractivity contribution in [3.63, 3.8) is 0 Å². The second kappa shape index (κ2) is 5.19. The van der Waals surface area contributed by atoms with Gasteiger partial charge in [-0.1, -0.05) is 40.9 Å². The largest absolute Gasteiger partial charge is 0.300 e. The molecule has 0 aliphatic heterocycles. The van der Waals surface area contributed by atoms with Crippen LogP contribution < -0.4 is 5.32 Å². The number of halogens is 1. The molecule has 0 fully saturated rings. The second-order valence-corrected chi connectivity index (χ2v) is 4.04. The lowest BCUT2D eigenvalue weighted by molar-refractivity contribution is 0.662. The Morgan fingerprint density at radius 1 is 1.57 bits per heavy atom. The van der Waals surface area contributed by atoms with Gasteiger partial charge in [-0.15, -0.1) is 6.42 Å². The number of nitrogens with one attached hydrogen (secondary N) is 1. The Hall–Kier alpha value is -0.780. The van der Waals surface area contributed by atoms with Gasteiger partial charge in [0.1, 0.15) is 0 Å². The van der Waals surface area contributed by atoms with Crippen molar-refractivity contribution in [1.82, 2.24) is 5.32 Å². The van der Waals surface area contributed by atoms with Crippen LogP contribution in [-0.2, 0) is 0 Å². The summed E-state index contributed by atoms with van der Waals surface area (Å²) in [6.45, 7) is 4.98. The summed E-state index contributed by atoms with van der Waals surface area (Å²) < 4.78 is 1.07. The van der Waals surface area contributed by atoms with Crippen molar-refractivity contribution in [3.05, 3.63) is 33.8 Å². The fourth-order valence-electron chi connectivity index (χ4n) is 1.33. The summed E-state index contributed by atoms with van der Waals surface area (Å²) in [5.41, 5.74) is 2.35. The number of hydrogen-bond acceptors (Lipinski definition) is 1. The van der Waals surface area contributed by atoms with Crippen LogP contribution in [0.25, 0.3) is 0 Å². The lowest BCUT2D eigenvalue weighted by atomic mass is 10.1. The molecular weight excluding hydrogens is 238 g/mol. The van der Waals surface area contributed by atoms with Crippen LogP contribution in [0.2, 0.25) is 0 Å². The highest BCUT2D eigenvalue weighted by Gasteiger charge is 2.09. The summed E-state index contributed by atoms with van der Waals surface area (Å²) in [5, 5.41) is 3.24. The van der Waals surface area contributed by atoms with E-state index in [1.54, 1.807) is 0 Å². The third kappa shape index (κ3) is 2.60. The van der Waals surface area contributed by atoms with E-state index >= 15 is 0 Å². The molecule has 1 aromatic rings. The van der Waals surface area contributed by atoms with E-state index in [0.717, 1.165) is 16.6 Å². The van der Waals surface area contributed by atoms with Gasteiger partial charge >= 0.3 is 0 Å². The molecule has 1 unspecified atom stereocenters. The van der Waals surface area contributed by atoms with Crippen LogP contribution in [0.15, 0.2) is 22.7 Å². The molecule has 74 valence electrons. The predicted octanol–water partition coefficient (Wildman–Crippen LogP) is 3.04. The van der Waals surface area contributed by atoms with Crippen molar-refractivity contribution in [1.29, 1.82) is 0 Å². The topological polar surface area (TPSA) is 12.0 Å². The first kappa shape index (κ1) is 11.3. The van der Waals surface area contributed by atoms with Gasteiger partial charge in [-0.3, -0.25) is 0 Å². The van der Waals surface area contributed by atoms with Gasteiger partial charge in [0.25, 0.3) is 0 Å². The van der Waals surface area contributed by atoms with Gasteiger partial charge in [-0.25, -0.2) is 0 Å². The summed E-state index contributed by atoms with van der Waals surface area (Å²) in [6.07, 6.45) is 5.46. The maximum absolute atomic E-state index is 5.46. The molecule has 0 radical (unpaired) electrons. The Morgan fingerprint density at radius 3 is 2.79 bits per heavy atom. The van der Waals surface area contributed by atoms with E-state index in [0.29, 0.717) is 0 Å². The van der Waals surface area contributed by atoms with Gasteiger partial charge in [0.15, 0.2) is 0 Å². The number of rotatable bonds is 3. The molecule has 1 N–H and O–H groups in total. The van der Waals surface area contributed by atoms with Crippen LogP contribution in [0.4, 0.5) is 0 Å². The summed E-state index contributed by atoms with van der Waals surface area (Å²) >= 11 is 3.52. The van der Waals surface area contributed by atoms with E-state index in [2.05, 4.69) is 52.3 Å². The molecule has 1 rings (SSSR count). The highest BCUT2D eigenvalue weighted by Crippen LogP contribution is 2.24. The average Bonchev–Trinajstić information content (AvgIpc) is 2.15. The molecule has 0 amide bonds. The molecule has 14 heavy (non-hydrogen) atoms. The Balaban J connectivity index is 3.00. The third-order valence-electron chi connectivity index (χ3n) is 2.04. The SMILES string of the molecule is C#CC(NCC)c1ccc(C)cc1Br. The van der Waals surface area contributed by atoms with Gasteiger partial charge in [-0.05, 0) is 30.7 Å². The Labute approximate surface area is 94.0 Å². The molecule has 0 bridgehead atoms. The molecular formula is C12H14BrN. The normalized spacial score (nSPS) is 12.1. The summed E-state index contributed by atoms with van der Waals surface area (Å²) in [6, 6.07) is 6.21. The zero-order valence-corrected chi connectivity index (χ0v) is 10.1. The van der Waals surface area contributed by atoms with Gasteiger partial charge in [0.05, 0.1) is 6.04 Å². The molecule has 0 aliphatic rings. The summed E-state index contributed by atoms with van der Waals surface area (Å²) in [5.74, 6) is 2.74. The minimum Gasteiger partial charge on any atom is -0.300 e. The standard InChI is InChI=1S/C12H14BrN/c1-4-12(14-5-2)10-7-6-9(3)8-11(10)13/h1,6-8,12,14H,5H2,2-3H3. The number of hydrogen-bond donors (Lipinski definition) is 1. The predicted molar refractivity (Wildman–Crippen MR) is 64.1 cm³/mol. The third-order valence-corrected chi connectivity index (χ3v) is 2.73. The average molecular weight is 252 g/mol. The Bertz CT molecular complexity index is 352. The molecule has 1 atom stereocenters. The van der Waals surface area contributed by atoms with E-state index in [9.17, 15) is 0 Å². The highest BCUT2D eigenvalue weighted by molar-refractivity contribution is 9.10. The van der Waals surface area contributed by atoms with Crippen LogP contribution in [0, 0.1) is 19.3 Å². The number of terminal acetylenes is 1. The van der Waals surface area contributed by atoms with Crippen LogP contribution in [0.3, 0.4) is 0 Å². The lowest BCUT2D eigenvalue weighted by Crippen LogP contribution is -2.19. The quantitative estimate of drug-likeness (QED) is 0.815. The van der Waals surface area contributed by atoms with Crippen LogP contribution in [0.5, 0.6) is 0 Å². The van der Waals surface area contributed by atoms with E-state index in [-0.39, 0.29) is 6.04 Å². The van der Waals surface area contributed by atoms with Gasteiger partial charge in [0, 0.05) is 4.47 Å². The van der Waals surface area contributed by atoms with Crippen LogP contribution >= 0.6 is 15.9 Å². The molecule has 1 nitrogen and oxygen atoms in total. The monoisotopic (exact) mass is 251 g/mol.